The van der Waals surface area contributed by atoms with Crippen molar-refractivity contribution in [2.45, 2.75) is 12.5 Å². The van der Waals surface area contributed by atoms with Crippen LogP contribution in [0.25, 0.3) is 0 Å². The lowest BCUT2D eigenvalue weighted by Gasteiger charge is -2.22. The zero-order chi connectivity index (χ0) is 20.5. The third kappa shape index (κ3) is 3.81. The molecule has 1 atom stereocenters. The van der Waals surface area contributed by atoms with Gasteiger partial charge in [0.2, 0.25) is 10.0 Å². The van der Waals surface area contributed by atoms with E-state index >= 15 is 0 Å². The van der Waals surface area contributed by atoms with Crippen LogP contribution < -0.4 is 15.5 Å². The number of carbonyl (C=O) groups excluding carboxylic acids is 3. The molecule has 1 heterocycles. The summed E-state index contributed by atoms with van der Waals surface area (Å²) < 4.78 is 24.9. The minimum absolute atomic E-state index is 0.0718. The molecule has 4 amide bonds. The molecule has 1 saturated heterocycles. The first-order chi connectivity index (χ1) is 13.1. The second-order valence-electron chi connectivity index (χ2n) is 6.46. The van der Waals surface area contributed by atoms with Gasteiger partial charge in [-0.15, -0.1) is 0 Å². The maximum Gasteiger partial charge on any atom is 0.344 e. The van der Waals surface area contributed by atoms with Crippen LogP contribution in [0.3, 0.4) is 0 Å². The van der Waals surface area contributed by atoms with Crippen molar-refractivity contribution in [2.24, 2.45) is 0 Å². The Morgan fingerprint density at radius 2 is 1.75 bits per heavy atom. The van der Waals surface area contributed by atoms with Gasteiger partial charge in [-0.2, -0.15) is 5.01 Å². The second kappa shape index (κ2) is 6.97. The molecule has 1 fully saturated rings. The molecule has 3 rings (SSSR count). The van der Waals surface area contributed by atoms with Crippen molar-refractivity contribution in [3.05, 3.63) is 65.7 Å². The minimum Gasteiger partial charge on any atom is -0.318 e. The number of imide groups is 1. The Morgan fingerprint density at radius 1 is 1.07 bits per heavy atom. The molecule has 9 nitrogen and oxygen atoms in total. The number of hydrogen-bond donors (Lipinski definition) is 3. The molecule has 2 aromatic rings. The number of nitrogens with one attached hydrogen (secondary N) is 3. The lowest BCUT2D eigenvalue weighted by Crippen LogP contribution is -2.47. The Labute approximate surface area is 161 Å². The molecule has 0 aromatic heterocycles. The summed E-state index contributed by atoms with van der Waals surface area (Å²) in [6.45, 7) is 1.55. The van der Waals surface area contributed by atoms with Gasteiger partial charge < -0.3 is 5.32 Å². The Balaban J connectivity index is 1.80. The van der Waals surface area contributed by atoms with Crippen LogP contribution in [0, 0.1) is 0 Å². The molecule has 10 heteroatoms. The van der Waals surface area contributed by atoms with Gasteiger partial charge in [-0.05, 0) is 30.7 Å². The van der Waals surface area contributed by atoms with Crippen LogP contribution in [-0.2, 0) is 20.4 Å². The summed E-state index contributed by atoms with van der Waals surface area (Å²) in [6.07, 6.45) is 0.984. The van der Waals surface area contributed by atoms with Crippen molar-refractivity contribution < 1.29 is 22.8 Å². The van der Waals surface area contributed by atoms with Gasteiger partial charge in [0.25, 0.3) is 11.8 Å². The molecule has 0 radical (unpaired) electrons. The number of amides is 4. The van der Waals surface area contributed by atoms with E-state index in [1.54, 1.807) is 37.3 Å². The average Bonchev–Trinajstić information content (AvgIpc) is 2.85. The number of nitrogens with zero attached hydrogens (tertiary/aromatic N) is 1. The van der Waals surface area contributed by atoms with Crippen molar-refractivity contribution in [1.82, 2.24) is 15.8 Å². The number of hydrogen-bond acceptors (Lipinski definition) is 5. The number of benzene rings is 2. The summed E-state index contributed by atoms with van der Waals surface area (Å²) in [5, 5.41) is 3.19. The van der Waals surface area contributed by atoms with E-state index in [1.807, 2.05) is 0 Å². The molecule has 0 spiro atoms. The topological polar surface area (TPSA) is 125 Å². The molecule has 2 aromatic carbocycles. The van der Waals surface area contributed by atoms with Gasteiger partial charge in [-0.25, -0.2) is 13.2 Å². The largest absolute Gasteiger partial charge is 0.344 e. The lowest BCUT2D eigenvalue weighted by molar-refractivity contribution is -0.132. The van der Waals surface area contributed by atoms with Crippen molar-refractivity contribution in [2.75, 3.05) is 11.0 Å². The SMILES string of the molecule is CC1(c2ccccc2)NC(=O)N(NC(=O)c2cccc(NS(C)(=O)=O)c2)C1=O. The summed E-state index contributed by atoms with van der Waals surface area (Å²) in [7, 11) is -3.52. The smallest absolute Gasteiger partial charge is 0.318 e. The van der Waals surface area contributed by atoms with E-state index in [1.165, 1.54) is 24.3 Å². The summed E-state index contributed by atoms with van der Waals surface area (Å²) in [4.78, 5) is 37.6. The van der Waals surface area contributed by atoms with Gasteiger partial charge >= 0.3 is 6.03 Å². The van der Waals surface area contributed by atoms with Gasteiger partial charge in [0.1, 0.15) is 5.54 Å². The molecule has 1 aliphatic rings. The van der Waals surface area contributed by atoms with Crippen LogP contribution >= 0.6 is 0 Å². The Kier molecular flexibility index (Phi) is 4.82. The van der Waals surface area contributed by atoms with Crippen molar-refractivity contribution >= 4 is 33.6 Å². The highest BCUT2D eigenvalue weighted by atomic mass is 32.2. The molecule has 146 valence electrons. The van der Waals surface area contributed by atoms with Gasteiger partial charge in [0, 0.05) is 11.3 Å². The van der Waals surface area contributed by atoms with Crippen molar-refractivity contribution in [1.29, 1.82) is 0 Å². The fourth-order valence-corrected chi connectivity index (χ4v) is 3.37. The van der Waals surface area contributed by atoms with Gasteiger partial charge in [-0.1, -0.05) is 36.4 Å². The van der Waals surface area contributed by atoms with E-state index in [0.29, 0.717) is 10.6 Å². The second-order valence-corrected chi connectivity index (χ2v) is 8.21. The first-order valence-corrected chi connectivity index (χ1v) is 10.1. The molecule has 0 saturated carbocycles. The minimum atomic E-state index is -3.52. The predicted molar refractivity (Wildman–Crippen MR) is 102 cm³/mol. The van der Waals surface area contributed by atoms with Crippen molar-refractivity contribution in [3.8, 4) is 0 Å². The maximum absolute atomic E-state index is 12.8. The van der Waals surface area contributed by atoms with Crippen LogP contribution in [-0.4, -0.2) is 37.5 Å². The molecule has 1 unspecified atom stereocenters. The number of anilines is 1. The number of hydrazine groups is 1. The van der Waals surface area contributed by atoms with Crippen LogP contribution in [0.4, 0.5) is 10.5 Å². The third-order valence-corrected chi connectivity index (χ3v) is 4.79. The first-order valence-electron chi connectivity index (χ1n) is 8.21. The highest BCUT2D eigenvalue weighted by molar-refractivity contribution is 7.92. The maximum atomic E-state index is 12.8. The normalized spacial score (nSPS) is 19.3. The first kappa shape index (κ1) is 19.4. The Morgan fingerprint density at radius 3 is 2.39 bits per heavy atom. The highest BCUT2D eigenvalue weighted by Gasteiger charge is 2.50. The Bertz CT molecular complexity index is 1050. The van der Waals surface area contributed by atoms with Crippen LogP contribution in [0.2, 0.25) is 0 Å². The Hall–Kier alpha value is -3.40. The molecular formula is C18H18N4O5S. The number of sulfonamides is 1. The monoisotopic (exact) mass is 402 g/mol. The zero-order valence-electron chi connectivity index (χ0n) is 15.1. The lowest BCUT2D eigenvalue weighted by atomic mass is 9.92. The van der Waals surface area contributed by atoms with E-state index in [9.17, 15) is 22.8 Å². The number of carbonyl (C=O) groups is 3. The summed E-state index contributed by atoms with van der Waals surface area (Å²) in [5.41, 5.74) is 1.78. The number of rotatable bonds is 5. The van der Waals surface area contributed by atoms with E-state index in [4.69, 9.17) is 0 Å². The van der Waals surface area contributed by atoms with Crippen LogP contribution in [0.5, 0.6) is 0 Å². The van der Waals surface area contributed by atoms with Gasteiger partial charge in [0.05, 0.1) is 6.26 Å². The fourth-order valence-electron chi connectivity index (χ4n) is 2.81. The quantitative estimate of drug-likeness (QED) is 0.648. The zero-order valence-corrected chi connectivity index (χ0v) is 15.9. The van der Waals surface area contributed by atoms with E-state index in [2.05, 4.69) is 15.5 Å². The molecule has 1 aliphatic heterocycles. The molecular weight excluding hydrogens is 384 g/mol. The third-order valence-electron chi connectivity index (χ3n) is 4.18. The van der Waals surface area contributed by atoms with E-state index in [0.717, 1.165) is 6.26 Å². The predicted octanol–water partition coefficient (Wildman–Crippen LogP) is 1.17. The van der Waals surface area contributed by atoms with Crippen molar-refractivity contribution in [3.63, 3.8) is 0 Å². The van der Waals surface area contributed by atoms with Gasteiger partial charge in [0.15, 0.2) is 0 Å². The summed E-state index contributed by atoms with van der Waals surface area (Å²) in [5.74, 6) is -1.37. The highest BCUT2D eigenvalue weighted by Crippen LogP contribution is 2.27. The average molecular weight is 402 g/mol. The van der Waals surface area contributed by atoms with Crippen LogP contribution in [0.15, 0.2) is 54.6 Å². The molecule has 28 heavy (non-hydrogen) atoms. The summed E-state index contributed by atoms with van der Waals surface area (Å²) in [6, 6.07) is 13.6. The van der Waals surface area contributed by atoms with Gasteiger partial charge in [-0.3, -0.25) is 19.7 Å². The van der Waals surface area contributed by atoms with E-state index in [-0.39, 0.29) is 11.3 Å². The standard InChI is InChI=1S/C18H18N4O5S/c1-18(13-8-4-3-5-9-13)16(24)22(17(25)19-18)20-15(23)12-7-6-10-14(11-12)21-28(2,26)27/h3-11,21H,1-2H3,(H,19,25)(H,20,23). The molecule has 0 bridgehead atoms. The number of urea groups is 1. The molecule has 0 aliphatic carbocycles. The van der Waals surface area contributed by atoms with Crippen LogP contribution in [0.1, 0.15) is 22.8 Å². The summed E-state index contributed by atoms with van der Waals surface area (Å²) >= 11 is 0. The van der Waals surface area contributed by atoms with E-state index < -0.39 is 33.4 Å². The molecule has 3 N–H and O–H groups in total. The fraction of sp³-hybridized carbons (Fsp3) is 0.167.